The molecule has 2 aromatic rings. The minimum atomic E-state index is -1.11. The molecular weight excluding hydrogens is 527 g/mol. The quantitative estimate of drug-likeness (QED) is 0.266. The second-order valence-corrected chi connectivity index (χ2v) is 10.8. The summed E-state index contributed by atoms with van der Waals surface area (Å²) < 4.78 is 20.2. The number of aromatic nitrogens is 3. The number of pyridine rings is 1. The van der Waals surface area contributed by atoms with E-state index in [-0.39, 0.29) is 17.5 Å². The molecule has 1 fully saturated rings. The normalized spacial score (nSPS) is 17.2. The molecule has 0 spiro atoms. The van der Waals surface area contributed by atoms with Crippen LogP contribution in [0.3, 0.4) is 0 Å². The summed E-state index contributed by atoms with van der Waals surface area (Å²) in [4.78, 5) is 31.8. The van der Waals surface area contributed by atoms with Gasteiger partial charge in [0.1, 0.15) is 24.1 Å². The van der Waals surface area contributed by atoms with Crippen molar-refractivity contribution in [3.8, 4) is 0 Å². The van der Waals surface area contributed by atoms with Gasteiger partial charge in [-0.1, -0.05) is 17.7 Å². The maximum absolute atomic E-state index is 13.4. The third-order valence-corrected chi connectivity index (χ3v) is 7.76. The number of nitrogens with zero attached hydrogens (tertiary/aromatic N) is 4. The number of carboxylic acid groups (broad SMARTS) is 1. The second kappa shape index (κ2) is 13.5. The Morgan fingerprint density at radius 1 is 1.31 bits per heavy atom. The number of ether oxygens (including phenoxy) is 1. The summed E-state index contributed by atoms with van der Waals surface area (Å²) in [5.74, 6) is -0.512. The van der Waals surface area contributed by atoms with Gasteiger partial charge in [0.25, 0.3) is 0 Å². The summed E-state index contributed by atoms with van der Waals surface area (Å²) >= 11 is 5.91. The van der Waals surface area contributed by atoms with Gasteiger partial charge in [-0.05, 0) is 75.6 Å². The standard InChI is InChI=1S/C27H38ClFN6O4/c1-39-21(17-29)18-34(14-3-2-6-20-8-7-19-5-4-13-30-24(19)31-20)15-9-22(25(36)37)32-26(38)27(11-12-27)35-16-10-23(28)33-35/h7-8,10,16,21-22H,2-6,9,11-15,17-18H2,1H3,(H,30,31)(H,32,38)(H,36,37)/t21-,22+/m1/s1. The molecule has 2 aliphatic rings. The van der Waals surface area contributed by atoms with Crippen LogP contribution in [0.2, 0.25) is 5.15 Å². The Bertz CT molecular complexity index is 1120. The molecule has 0 unspecified atom stereocenters. The molecule has 39 heavy (non-hydrogen) atoms. The Hall–Kier alpha value is -2.76. The lowest BCUT2D eigenvalue weighted by molar-refractivity contribution is -0.143. The average Bonchev–Trinajstić information content (AvgIpc) is 3.64. The van der Waals surface area contributed by atoms with Gasteiger partial charge in [-0.2, -0.15) is 5.10 Å². The van der Waals surface area contributed by atoms with Gasteiger partial charge in [-0.3, -0.25) is 9.48 Å². The molecule has 12 heteroatoms. The minimum absolute atomic E-state index is 0.178. The Kier molecular flexibility index (Phi) is 10.1. The predicted molar refractivity (Wildman–Crippen MR) is 146 cm³/mol. The summed E-state index contributed by atoms with van der Waals surface area (Å²) in [6.45, 7) is 1.68. The van der Waals surface area contributed by atoms with E-state index < -0.39 is 30.3 Å². The SMILES string of the molecule is CO[C@H](CF)CN(CCCCc1ccc2c(n1)NCCC2)CC[C@H](NC(=O)C1(n2ccc(Cl)n2)CC1)C(=O)O. The first-order chi connectivity index (χ1) is 18.8. The Morgan fingerprint density at radius 3 is 2.79 bits per heavy atom. The van der Waals surface area contributed by atoms with Gasteiger partial charge in [0.05, 0.1) is 6.10 Å². The highest BCUT2D eigenvalue weighted by atomic mass is 35.5. The second-order valence-electron chi connectivity index (χ2n) is 10.4. The van der Waals surface area contributed by atoms with E-state index in [4.69, 9.17) is 21.3 Å². The smallest absolute Gasteiger partial charge is 0.326 e. The highest BCUT2D eigenvalue weighted by Gasteiger charge is 2.53. The number of nitrogens with one attached hydrogen (secondary N) is 2. The first-order valence-electron chi connectivity index (χ1n) is 13.6. The molecule has 0 aromatic carbocycles. The van der Waals surface area contributed by atoms with Crippen LogP contribution >= 0.6 is 11.6 Å². The van der Waals surface area contributed by atoms with Crippen LogP contribution in [0.15, 0.2) is 24.4 Å². The molecule has 0 bridgehead atoms. The van der Waals surface area contributed by atoms with Crippen molar-refractivity contribution in [2.45, 2.75) is 69.1 Å². The number of rotatable bonds is 16. The minimum Gasteiger partial charge on any atom is -0.480 e. The summed E-state index contributed by atoms with van der Waals surface area (Å²) in [5, 5.41) is 20.3. The van der Waals surface area contributed by atoms with Crippen LogP contribution in [0.5, 0.6) is 0 Å². The van der Waals surface area contributed by atoms with E-state index in [1.54, 1.807) is 12.3 Å². The number of methoxy groups -OCH3 is 1. The number of halogens is 2. The van der Waals surface area contributed by atoms with Crippen molar-refractivity contribution in [1.82, 2.24) is 25.0 Å². The lowest BCUT2D eigenvalue weighted by Gasteiger charge is -2.27. The van der Waals surface area contributed by atoms with E-state index in [0.717, 1.165) is 50.2 Å². The van der Waals surface area contributed by atoms with Gasteiger partial charge in [-0.15, -0.1) is 0 Å². The van der Waals surface area contributed by atoms with E-state index >= 15 is 0 Å². The summed E-state index contributed by atoms with van der Waals surface area (Å²) in [7, 11) is 1.47. The number of fused-ring (bicyclic) bond motifs is 1. The molecule has 1 aliphatic carbocycles. The molecule has 1 aliphatic heterocycles. The zero-order valence-electron chi connectivity index (χ0n) is 22.4. The number of unbranched alkanes of at least 4 members (excludes halogenated alkanes) is 1. The van der Waals surface area contributed by atoms with Gasteiger partial charge in [0, 0.05) is 38.6 Å². The lowest BCUT2D eigenvalue weighted by atomic mass is 10.1. The first-order valence-corrected chi connectivity index (χ1v) is 14.0. The fourth-order valence-electron chi connectivity index (χ4n) is 5.00. The van der Waals surface area contributed by atoms with Crippen LogP contribution in [0.4, 0.5) is 10.2 Å². The number of aliphatic carboxylic acids is 1. The Morgan fingerprint density at radius 2 is 2.13 bits per heavy atom. The van der Waals surface area contributed by atoms with E-state index in [9.17, 15) is 19.1 Å². The summed E-state index contributed by atoms with van der Waals surface area (Å²) in [6, 6.07) is 4.74. The lowest BCUT2D eigenvalue weighted by Crippen LogP contribution is -2.49. The molecule has 214 valence electrons. The third kappa shape index (κ3) is 7.67. The van der Waals surface area contributed by atoms with Crippen LogP contribution in [-0.2, 0) is 32.7 Å². The van der Waals surface area contributed by atoms with Crippen molar-refractivity contribution in [3.05, 3.63) is 40.8 Å². The number of amides is 1. The van der Waals surface area contributed by atoms with Crippen LogP contribution in [0.25, 0.3) is 0 Å². The van der Waals surface area contributed by atoms with Gasteiger partial charge < -0.3 is 25.4 Å². The average molecular weight is 565 g/mol. The molecular formula is C27H38ClFN6O4. The van der Waals surface area contributed by atoms with Crippen molar-refractivity contribution < 1.29 is 23.8 Å². The number of carbonyl (C=O) groups excluding carboxylic acids is 1. The molecule has 1 saturated carbocycles. The summed E-state index contributed by atoms with van der Waals surface area (Å²) in [6.07, 6.45) is 7.07. The summed E-state index contributed by atoms with van der Waals surface area (Å²) in [5.41, 5.74) is 1.40. The highest BCUT2D eigenvalue weighted by Crippen LogP contribution is 2.43. The topological polar surface area (TPSA) is 122 Å². The first kappa shape index (κ1) is 29.2. The number of alkyl halides is 1. The van der Waals surface area contributed by atoms with Gasteiger partial charge in [0.2, 0.25) is 5.91 Å². The zero-order valence-corrected chi connectivity index (χ0v) is 23.1. The van der Waals surface area contributed by atoms with E-state index in [0.29, 0.717) is 32.5 Å². The van der Waals surface area contributed by atoms with Crippen molar-refractivity contribution in [3.63, 3.8) is 0 Å². The van der Waals surface area contributed by atoms with Crippen molar-refractivity contribution >= 4 is 29.3 Å². The Balaban J connectivity index is 1.30. The van der Waals surface area contributed by atoms with Gasteiger partial charge in [-0.25, -0.2) is 14.2 Å². The molecule has 0 radical (unpaired) electrons. The van der Waals surface area contributed by atoms with E-state index in [1.165, 1.54) is 17.4 Å². The van der Waals surface area contributed by atoms with Crippen LogP contribution in [-0.4, -0.2) is 88.8 Å². The molecule has 3 N–H and O–H groups in total. The molecule has 10 nitrogen and oxygen atoms in total. The molecule has 4 rings (SSSR count). The number of hydrogen-bond acceptors (Lipinski definition) is 7. The van der Waals surface area contributed by atoms with Crippen LogP contribution in [0.1, 0.15) is 49.8 Å². The third-order valence-electron chi connectivity index (χ3n) is 7.56. The monoisotopic (exact) mass is 564 g/mol. The molecule has 1 amide bonds. The highest BCUT2D eigenvalue weighted by molar-refractivity contribution is 6.29. The molecule has 3 heterocycles. The van der Waals surface area contributed by atoms with Gasteiger partial charge >= 0.3 is 5.97 Å². The number of carbonyl (C=O) groups is 2. The maximum atomic E-state index is 13.4. The molecule has 2 atom stereocenters. The van der Waals surface area contributed by atoms with Crippen LogP contribution < -0.4 is 10.6 Å². The fourth-order valence-corrected chi connectivity index (χ4v) is 5.14. The molecule has 0 saturated heterocycles. The number of carboxylic acids is 1. The largest absolute Gasteiger partial charge is 0.480 e. The number of aryl methyl sites for hydroxylation is 2. The number of hydrogen-bond donors (Lipinski definition) is 3. The van der Waals surface area contributed by atoms with Gasteiger partial charge in [0.15, 0.2) is 5.15 Å². The fraction of sp³-hybridized carbons (Fsp3) is 0.630. The molecule has 2 aromatic heterocycles. The van der Waals surface area contributed by atoms with Crippen molar-refractivity contribution in [2.75, 3.05) is 45.3 Å². The maximum Gasteiger partial charge on any atom is 0.326 e. The van der Waals surface area contributed by atoms with E-state index in [1.807, 2.05) is 4.90 Å². The Labute approximate surface area is 233 Å². The van der Waals surface area contributed by atoms with Crippen LogP contribution in [0, 0.1) is 0 Å². The number of anilines is 1. The van der Waals surface area contributed by atoms with Crippen molar-refractivity contribution in [1.29, 1.82) is 0 Å². The van der Waals surface area contributed by atoms with E-state index in [2.05, 4.69) is 27.9 Å². The zero-order chi connectivity index (χ0) is 27.8. The van der Waals surface area contributed by atoms with Crippen molar-refractivity contribution in [2.24, 2.45) is 0 Å². The predicted octanol–water partition coefficient (Wildman–Crippen LogP) is 3.05.